The van der Waals surface area contributed by atoms with E-state index < -0.39 is 0 Å². The molecule has 104 valence electrons. The topological polar surface area (TPSA) is 73.6 Å². The number of anilines is 2. The van der Waals surface area contributed by atoms with Crippen molar-refractivity contribution in [2.45, 2.75) is 0 Å². The monoisotopic (exact) mass is 272 g/mol. The number of carbonyl (C=O) groups excluding carboxylic acids is 1. The van der Waals surface area contributed by atoms with Crippen molar-refractivity contribution in [3.8, 4) is 11.5 Å². The second-order valence-corrected chi connectivity index (χ2v) is 4.11. The van der Waals surface area contributed by atoms with Gasteiger partial charge >= 0.3 is 0 Å². The molecule has 0 aliphatic carbocycles. The highest BCUT2D eigenvalue weighted by molar-refractivity contribution is 5.91. The van der Waals surface area contributed by atoms with Crippen LogP contribution in [0, 0.1) is 0 Å². The number of carbonyl (C=O) groups is 1. The van der Waals surface area contributed by atoms with Crippen molar-refractivity contribution in [1.82, 2.24) is 0 Å². The first-order chi connectivity index (χ1) is 9.69. The fourth-order valence-corrected chi connectivity index (χ4v) is 1.67. The van der Waals surface area contributed by atoms with Crippen LogP contribution in [0.2, 0.25) is 0 Å². The molecule has 3 N–H and O–H groups in total. The summed E-state index contributed by atoms with van der Waals surface area (Å²) < 4.78 is 10.6. The third-order valence-corrected chi connectivity index (χ3v) is 2.60. The van der Waals surface area contributed by atoms with Crippen LogP contribution in [0.4, 0.5) is 11.4 Å². The zero-order chi connectivity index (χ0) is 14.4. The lowest BCUT2D eigenvalue weighted by molar-refractivity contribution is -0.118. The Bertz CT molecular complexity index is 585. The number of benzene rings is 2. The minimum atomic E-state index is -0.249. The molecule has 5 heteroatoms. The SMILES string of the molecule is COc1ccc(N)cc1OCC(=O)Nc1ccccc1. The molecular formula is C15H16N2O3. The van der Waals surface area contributed by atoms with Gasteiger partial charge in [0.25, 0.3) is 5.91 Å². The standard InChI is InChI=1S/C15H16N2O3/c1-19-13-8-7-11(16)9-14(13)20-10-15(18)17-12-5-3-2-4-6-12/h2-9H,10,16H2,1H3,(H,17,18). The Labute approximate surface area is 117 Å². The third-order valence-electron chi connectivity index (χ3n) is 2.60. The molecule has 0 radical (unpaired) electrons. The van der Waals surface area contributed by atoms with Crippen LogP contribution in [0.15, 0.2) is 48.5 Å². The molecule has 0 unspecified atom stereocenters. The van der Waals surface area contributed by atoms with Gasteiger partial charge in [-0.1, -0.05) is 18.2 Å². The van der Waals surface area contributed by atoms with Crippen molar-refractivity contribution < 1.29 is 14.3 Å². The molecule has 0 heterocycles. The van der Waals surface area contributed by atoms with Gasteiger partial charge in [0.15, 0.2) is 18.1 Å². The van der Waals surface area contributed by atoms with Crippen molar-refractivity contribution in [3.05, 3.63) is 48.5 Å². The van der Waals surface area contributed by atoms with Crippen LogP contribution < -0.4 is 20.5 Å². The van der Waals surface area contributed by atoms with E-state index in [1.165, 1.54) is 7.11 Å². The molecule has 2 aromatic carbocycles. The smallest absolute Gasteiger partial charge is 0.262 e. The maximum Gasteiger partial charge on any atom is 0.262 e. The number of hydrogen-bond donors (Lipinski definition) is 2. The van der Waals surface area contributed by atoms with E-state index in [1.807, 2.05) is 18.2 Å². The average molecular weight is 272 g/mol. The van der Waals surface area contributed by atoms with Gasteiger partial charge in [-0.2, -0.15) is 0 Å². The van der Waals surface area contributed by atoms with Crippen LogP contribution in [-0.2, 0) is 4.79 Å². The number of hydrogen-bond acceptors (Lipinski definition) is 4. The molecule has 0 fully saturated rings. The van der Waals surface area contributed by atoms with E-state index in [1.54, 1.807) is 30.3 Å². The molecule has 0 saturated carbocycles. The number of methoxy groups -OCH3 is 1. The number of nitrogens with one attached hydrogen (secondary N) is 1. The molecule has 0 aliphatic rings. The van der Waals surface area contributed by atoms with E-state index in [0.717, 1.165) is 5.69 Å². The largest absolute Gasteiger partial charge is 0.493 e. The molecule has 2 aromatic rings. The fraction of sp³-hybridized carbons (Fsp3) is 0.133. The van der Waals surface area contributed by atoms with Gasteiger partial charge in [0.05, 0.1) is 7.11 Å². The van der Waals surface area contributed by atoms with E-state index in [0.29, 0.717) is 17.2 Å². The van der Waals surface area contributed by atoms with E-state index in [4.69, 9.17) is 15.2 Å². The van der Waals surface area contributed by atoms with Gasteiger partial charge in [0.1, 0.15) is 0 Å². The van der Waals surface area contributed by atoms with Gasteiger partial charge in [-0.05, 0) is 24.3 Å². The summed E-state index contributed by atoms with van der Waals surface area (Å²) in [4.78, 5) is 11.8. The molecule has 0 spiro atoms. The highest BCUT2D eigenvalue weighted by atomic mass is 16.5. The van der Waals surface area contributed by atoms with Crippen LogP contribution >= 0.6 is 0 Å². The van der Waals surface area contributed by atoms with E-state index in [-0.39, 0.29) is 12.5 Å². The van der Waals surface area contributed by atoms with Gasteiger partial charge in [0, 0.05) is 17.4 Å². The number of nitrogen functional groups attached to an aromatic ring is 1. The molecule has 5 nitrogen and oxygen atoms in total. The molecular weight excluding hydrogens is 256 g/mol. The molecule has 0 saturated heterocycles. The lowest BCUT2D eigenvalue weighted by Crippen LogP contribution is -2.20. The van der Waals surface area contributed by atoms with Gasteiger partial charge in [-0.3, -0.25) is 4.79 Å². The van der Waals surface area contributed by atoms with Crippen molar-refractivity contribution in [2.75, 3.05) is 24.8 Å². The Morgan fingerprint density at radius 2 is 1.90 bits per heavy atom. The summed E-state index contributed by atoms with van der Waals surface area (Å²) in [5.41, 5.74) is 6.94. The molecule has 0 aliphatic heterocycles. The zero-order valence-electron chi connectivity index (χ0n) is 11.1. The Hall–Kier alpha value is -2.69. The molecule has 20 heavy (non-hydrogen) atoms. The average Bonchev–Trinajstić information content (AvgIpc) is 2.46. The summed E-state index contributed by atoms with van der Waals surface area (Å²) in [5, 5.41) is 2.73. The molecule has 1 amide bonds. The Kier molecular flexibility index (Phi) is 4.44. The van der Waals surface area contributed by atoms with Gasteiger partial charge in [-0.25, -0.2) is 0 Å². The summed E-state index contributed by atoms with van der Waals surface area (Å²) in [7, 11) is 1.53. The number of amides is 1. The number of para-hydroxylation sites is 1. The number of nitrogens with two attached hydrogens (primary N) is 1. The van der Waals surface area contributed by atoms with Gasteiger partial charge < -0.3 is 20.5 Å². The maximum atomic E-state index is 11.8. The molecule has 0 atom stereocenters. The highest BCUT2D eigenvalue weighted by Crippen LogP contribution is 2.28. The maximum absolute atomic E-state index is 11.8. The Morgan fingerprint density at radius 1 is 1.15 bits per heavy atom. The molecule has 0 aromatic heterocycles. The summed E-state index contributed by atoms with van der Waals surface area (Å²) >= 11 is 0. The summed E-state index contributed by atoms with van der Waals surface area (Å²) in [6.07, 6.45) is 0. The van der Waals surface area contributed by atoms with Crippen molar-refractivity contribution >= 4 is 17.3 Å². The van der Waals surface area contributed by atoms with Crippen LogP contribution in [0.25, 0.3) is 0 Å². The van der Waals surface area contributed by atoms with E-state index in [9.17, 15) is 4.79 Å². The second kappa shape index (κ2) is 6.47. The quantitative estimate of drug-likeness (QED) is 0.819. The van der Waals surface area contributed by atoms with Crippen LogP contribution in [-0.4, -0.2) is 19.6 Å². The summed E-state index contributed by atoms with van der Waals surface area (Å²) in [5.74, 6) is 0.725. The minimum absolute atomic E-state index is 0.116. The van der Waals surface area contributed by atoms with Crippen LogP contribution in [0.5, 0.6) is 11.5 Å². The van der Waals surface area contributed by atoms with Gasteiger partial charge in [-0.15, -0.1) is 0 Å². The van der Waals surface area contributed by atoms with E-state index in [2.05, 4.69) is 5.32 Å². The van der Waals surface area contributed by atoms with Crippen LogP contribution in [0.1, 0.15) is 0 Å². The van der Waals surface area contributed by atoms with Crippen LogP contribution in [0.3, 0.4) is 0 Å². The van der Waals surface area contributed by atoms with Crippen molar-refractivity contribution in [2.24, 2.45) is 0 Å². The predicted molar refractivity (Wildman–Crippen MR) is 78.0 cm³/mol. The Morgan fingerprint density at radius 3 is 2.60 bits per heavy atom. The summed E-state index contributed by atoms with van der Waals surface area (Å²) in [6, 6.07) is 14.2. The third kappa shape index (κ3) is 3.65. The molecule has 2 rings (SSSR count). The lowest BCUT2D eigenvalue weighted by Gasteiger charge is -2.11. The van der Waals surface area contributed by atoms with Crippen molar-refractivity contribution in [1.29, 1.82) is 0 Å². The first-order valence-electron chi connectivity index (χ1n) is 6.10. The lowest BCUT2D eigenvalue weighted by atomic mass is 10.3. The normalized spacial score (nSPS) is 9.85. The number of rotatable bonds is 5. The summed E-state index contributed by atoms with van der Waals surface area (Å²) in [6.45, 7) is -0.116. The first kappa shape index (κ1) is 13.7. The zero-order valence-corrected chi connectivity index (χ0v) is 11.1. The highest BCUT2D eigenvalue weighted by Gasteiger charge is 2.08. The van der Waals surface area contributed by atoms with Gasteiger partial charge in [0.2, 0.25) is 0 Å². The van der Waals surface area contributed by atoms with Crippen molar-refractivity contribution in [3.63, 3.8) is 0 Å². The fourth-order valence-electron chi connectivity index (χ4n) is 1.67. The van der Waals surface area contributed by atoms with E-state index >= 15 is 0 Å². The predicted octanol–water partition coefficient (Wildman–Crippen LogP) is 2.29. The second-order valence-electron chi connectivity index (χ2n) is 4.11. The first-order valence-corrected chi connectivity index (χ1v) is 6.10. The number of ether oxygens (including phenoxy) is 2. The minimum Gasteiger partial charge on any atom is -0.493 e. The molecule has 0 bridgehead atoms. The Balaban J connectivity index is 1.95.